The van der Waals surface area contributed by atoms with Crippen molar-refractivity contribution in [3.8, 4) is 11.8 Å². The van der Waals surface area contributed by atoms with Crippen LogP contribution in [0.25, 0.3) is 0 Å². The van der Waals surface area contributed by atoms with Crippen LogP contribution in [0.2, 0.25) is 0 Å². The SMILES string of the molecule is NC(=O)C#Cc1cscc1C=O. The minimum atomic E-state index is -0.696. The highest BCUT2D eigenvalue weighted by atomic mass is 32.1. The summed E-state index contributed by atoms with van der Waals surface area (Å²) >= 11 is 1.36. The Labute approximate surface area is 73.2 Å². The van der Waals surface area contributed by atoms with Crippen molar-refractivity contribution in [2.45, 2.75) is 0 Å². The van der Waals surface area contributed by atoms with Crippen molar-refractivity contribution in [2.75, 3.05) is 0 Å². The summed E-state index contributed by atoms with van der Waals surface area (Å²) in [5.41, 5.74) is 5.85. The van der Waals surface area contributed by atoms with E-state index in [4.69, 9.17) is 5.73 Å². The Hall–Kier alpha value is -1.60. The second-order valence-corrected chi connectivity index (χ2v) is 2.72. The molecular formula is C8H5NO2S. The third-order valence-electron chi connectivity index (χ3n) is 1.14. The highest BCUT2D eigenvalue weighted by Gasteiger charge is 1.97. The van der Waals surface area contributed by atoms with Gasteiger partial charge in [-0.15, -0.1) is 0 Å². The molecule has 1 aromatic heterocycles. The number of hydrogen-bond donors (Lipinski definition) is 1. The van der Waals surface area contributed by atoms with Crippen molar-refractivity contribution in [1.29, 1.82) is 0 Å². The minimum Gasteiger partial charge on any atom is -0.359 e. The van der Waals surface area contributed by atoms with Crippen molar-refractivity contribution in [2.24, 2.45) is 5.73 Å². The lowest BCUT2D eigenvalue weighted by molar-refractivity contribution is -0.112. The van der Waals surface area contributed by atoms with Gasteiger partial charge in [0.05, 0.1) is 0 Å². The van der Waals surface area contributed by atoms with Gasteiger partial charge in [-0.2, -0.15) is 11.3 Å². The second kappa shape index (κ2) is 3.69. The molecule has 0 aliphatic heterocycles. The van der Waals surface area contributed by atoms with Gasteiger partial charge in [0.15, 0.2) is 6.29 Å². The molecule has 0 spiro atoms. The van der Waals surface area contributed by atoms with Crippen molar-refractivity contribution in [1.82, 2.24) is 0 Å². The summed E-state index contributed by atoms with van der Waals surface area (Å²) < 4.78 is 0. The van der Waals surface area contributed by atoms with Crippen molar-refractivity contribution in [3.05, 3.63) is 21.9 Å². The van der Waals surface area contributed by atoms with Crippen LogP contribution in [0.4, 0.5) is 0 Å². The number of carbonyl (C=O) groups excluding carboxylic acids is 2. The van der Waals surface area contributed by atoms with Crippen LogP contribution in [0, 0.1) is 11.8 Å². The summed E-state index contributed by atoms with van der Waals surface area (Å²) in [5.74, 6) is 3.96. The highest BCUT2D eigenvalue weighted by Crippen LogP contribution is 2.10. The molecule has 1 rings (SSSR count). The molecule has 1 amide bonds. The fourth-order valence-corrected chi connectivity index (χ4v) is 1.36. The lowest BCUT2D eigenvalue weighted by atomic mass is 10.2. The zero-order valence-corrected chi connectivity index (χ0v) is 6.85. The average Bonchev–Trinajstić information content (AvgIpc) is 2.47. The Morgan fingerprint density at radius 1 is 1.58 bits per heavy atom. The standard InChI is InChI=1S/C8H5NO2S/c9-8(11)2-1-6-4-12-5-7(6)3-10/h3-5H,(H2,9,11). The summed E-state index contributed by atoms with van der Waals surface area (Å²) in [4.78, 5) is 20.6. The fourth-order valence-electron chi connectivity index (χ4n) is 0.629. The van der Waals surface area contributed by atoms with Gasteiger partial charge < -0.3 is 5.73 Å². The molecule has 0 radical (unpaired) electrons. The monoisotopic (exact) mass is 179 g/mol. The molecule has 1 heterocycles. The third-order valence-corrected chi connectivity index (χ3v) is 1.90. The lowest BCUT2D eigenvalue weighted by Crippen LogP contribution is -2.06. The van der Waals surface area contributed by atoms with Crippen molar-refractivity contribution >= 4 is 23.5 Å². The number of thiophene rings is 1. The van der Waals surface area contributed by atoms with Crippen molar-refractivity contribution in [3.63, 3.8) is 0 Å². The Bertz CT molecular complexity index is 370. The van der Waals surface area contributed by atoms with Gasteiger partial charge in [0.2, 0.25) is 0 Å². The Kier molecular flexibility index (Phi) is 2.62. The Balaban J connectivity index is 2.98. The molecule has 3 nitrogen and oxygen atoms in total. The van der Waals surface area contributed by atoms with Crippen LogP contribution >= 0.6 is 11.3 Å². The van der Waals surface area contributed by atoms with E-state index in [0.29, 0.717) is 17.4 Å². The van der Waals surface area contributed by atoms with Gasteiger partial charge in [0.1, 0.15) is 0 Å². The molecule has 2 N–H and O–H groups in total. The predicted octanol–water partition coefficient (Wildman–Crippen LogP) is 0.397. The molecule has 0 saturated heterocycles. The number of carbonyl (C=O) groups is 2. The number of aldehydes is 1. The van der Waals surface area contributed by atoms with Gasteiger partial charge in [-0.05, 0) is 0 Å². The Morgan fingerprint density at radius 3 is 2.92 bits per heavy atom. The number of nitrogens with two attached hydrogens (primary N) is 1. The van der Waals surface area contributed by atoms with Crippen LogP contribution in [0.5, 0.6) is 0 Å². The highest BCUT2D eigenvalue weighted by molar-refractivity contribution is 7.08. The second-order valence-electron chi connectivity index (χ2n) is 1.97. The molecule has 0 bridgehead atoms. The summed E-state index contributed by atoms with van der Waals surface area (Å²) in [6.45, 7) is 0. The normalized spacial score (nSPS) is 8.33. The molecule has 0 unspecified atom stereocenters. The molecule has 0 fully saturated rings. The maximum Gasteiger partial charge on any atom is 0.293 e. The van der Waals surface area contributed by atoms with Crippen LogP contribution in [-0.2, 0) is 4.79 Å². The van der Waals surface area contributed by atoms with E-state index in [2.05, 4.69) is 11.8 Å². The first-order chi connectivity index (χ1) is 5.74. The zero-order chi connectivity index (χ0) is 8.97. The number of rotatable bonds is 1. The number of primary amides is 1. The first kappa shape index (κ1) is 8.50. The molecule has 0 saturated carbocycles. The molecule has 1 aromatic rings. The first-order valence-corrected chi connectivity index (χ1v) is 4.01. The molecule has 60 valence electrons. The van der Waals surface area contributed by atoms with Crippen LogP contribution in [0.15, 0.2) is 10.8 Å². The number of amides is 1. The van der Waals surface area contributed by atoms with E-state index in [1.807, 2.05) is 0 Å². The van der Waals surface area contributed by atoms with Crippen LogP contribution in [0.3, 0.4) is 0 Å². The third kappa shape index (κ3) is 1.94. The van der Waals surface area contributed by atoms with Gasteiger partial charge in [-0.1, -0.05) is 5.92 Å². The van der Waals surface area contributed by atoms with Gasteiger partial charge in [-0.25, -0.2) is 0 Å². The van der Waals surface area contributed by atoms with Crippen LogP contribution in [0.1, 0.15) is 15.9 Å². The van der Waals surface area contributed by atoms with E-state index < -0.39 is 5.91 Å². The van der Waals surface area contributed by atoms with E-state index in [1.54, 1.807) is 10.8 Å². The molecule has 0 atom stereocenters. The van der Waals surface area contributed by atoms with Crippen LogP contribution < -0.4 is 5.73 Å². The lowest BCUT2D eigenvalue weighted by Gasteiger charge is -1.81. The van der Waals surface area contributed by atoms with E-state index in [0.717, 1.165) is 0 Å². The van der Waals surface area contributed by atoms with Gasteiger partial charge >= 0.3 is 0 Å². The van der Waals surface area contributed by atoms with Crippen LogP contribution in [-0.4, -0.2) is 12.2 Å². The fraction of sp³-hybridized carbons (Fsp3) is 0. The maximum atomic E-state index is 10.4. The minimum absolute atomic E-state index is 0.494. The van der Waals surface area contributed by atoms with Gasteiger partial charge in [-0.3, -0.25) is 9.59 Å². The molecule has 0 aromatic carbocycles. The van der Waals surface area contributed by atoms with E-state index in [9.17, 15) is 9.59 Å². The summed E-state index contributed by atoms with van der Waals surface area (Å²) in [6.07, 6.45) is 0.696. The number of hydrogen-bond acceptors (Lipinski definition) is 3. The quantitative estimate of drug-likeness (QED) is 0.501. The Morgan fingerprint density at radius 2 is 2.33 bits per heavy atom. The summed E-state index contributed by atoms with van der Waals surface area (Å²) in [5, 5.41) is 3.36. The zero-order valence-electron chi connectivity index (χ0n) is 6.03. The predicted molar refractivity (Wildman–Crippen MR) is 45.8 cm³/mol. The molecular weight excluding hydrogens is 174 g/mol. The molecule has 0 aliphatic rings. The molecule has 0 aliphatic carbocycles. The van der Waals surface area contributed by atoms with E-state index in [1.165, 1.54) is 11.3 Å². The molecule has 4 heteroatoms. The van der Waals surface area contributed by atoms with Crippen molar-refractivity contribution < 1.29 is 9.59 Å². The smallest absolute Gasteiger partial charge is 0.293 e. The van der Waals surface area contributed by atoms with Gasteiger partial charge in [0.25, 0.3) is 5.91 Å². The summed E-state index contributed by atoms with van der Waals surface area (Å²) in [7, 11) is 0. The van der Waals surface area contributed by atoms with Gasteiger partial charge in [0, 0.05) is 27.8 Å². The maximum absolute atomic E-state index is 10.4. The average molecular weight is 179 g/mol. The topological polar surface area (TPSA) is 60.2 Å². The molecule has 12 heavy (non-hydrogen) atoms. The summed E-state index contributed by atoms with van der Waals surface area (Å²) in [6, 6.07) is 0. The van der Waals surface area contributed by atoms with E-state index in [-0.39, 0.29) is 0 Å². The first-order valence-electron chi connectivity index (χ1n) is 3.07. The van der Waals surface area contributed by atoms with E-state index >= 15 is 0 Å². The largest absolute Gasteiger partial charge is 0.359 e.